The van der Waals surface area contributed by atoms with E-state index < -0.39 is 10.8 Å². The summed E-state index contributed by atoms with van der Waals surface area (Å²) in [5, 5.41) is 13.1. The Labute approximate surface area is 155 Å². The van der Waals surface area contributed by atoms with Gasteiger partial charge in [-0.25, -0.2) is 0 Å². The molecule has 3 N–H and O–H groups in total. The molecular formula is C16H20N4O5S. The van der Waals surface area contributed by atoms with E-state index in [9.17, 15) is 19.7 Å². The summed E-state index contributed by atoms with van der Waals surface area (Å²) in [7, 11) is 0. The van der Waals surface area contributed by atoms with Crippen LogP contribution in [0.4, 0.5) is 5.69 Å². The molecule has 1 aliphatic carbocycles. The van der Waals surface area contributed by atoms with Gasteiger partial charge in [0.05, 0.1) is 4.92 Å². The maximum Gasteiger partial charge on any atom is 0.276 e. The Kier molecular flexibility index (Phi) is 7.27. The van der Waals surface area contributed by atoms with Crippen LogP contribution in [0.25, 0.3) is 0 Å². The maximum absolute atomic E-state index is 11.8. The number of ether oxygens (including phenoxy) is 1. The van der Waals surface area contributed by atoms with Gasteiger partial charge in [-0.3, -0.25) is 30.6 Å². The molecule has 140 valence electrons. The van der Waals surface area contributed by atoms with Crippen LogP contribution in [0.1, 0.15) is 32.1 Å². The number of amides is 2. The van der Waals surface area contributed by atoms with Crippen molar-refractivity contribution in [2.75, 3.05) is 6.61 Å². The van der Waals surface area contributed by atoms with Crippen molar-refractivity contribution in [3.8, 4) is 5.75 Å². The van der Waals surface area contributed by atoms with Gasteiger partial charge in [0.2, 0.25) is 5.91 Å². The summed E-state index contributed by atoms with van der Waals surface area (Å²) >= 11 is 4.94. The number of nitrogens with zero attached hydrogens (tertiary/aromatic N) is 1. The van der Waals surface area contributed by atoms with E-state index >= 15 is 0 Å². The SMILES string of the molecule is O=C(COc1ccc([N+](=O)[O-])cc1)NNC(=S)NC(=O)CC1CCCC1. The van der Waals surface area contributed by atoms with Crippen molar-refractivity contribution in [1.82, 2.24) is 16.2 Å². The number of hydrogen-bond acceptors (Lipinski definition) is 6. The highest BCUT2D eigenvalue weighted by Gasteiger charge is 2.18. The first-order valence-corrected chi connectivity index (χ1v) is 8.61. The number of nitro benzene ring substituents is 1. The van der Waals surface area contributed by atoms with Crippen LogP contribution in [0.3, 0.4) is 0 Å². The number of nitro groups is 1. The molecule has 1 aromatic carbocycles. The zero-order valence-electron chi connectivity index (χ0n) is 14.0. The lowest BCUT2D eigenvalue weighted by atomic mass is 10.0. The highest BCUT2D eigenvalue weighted by atomic mass is 32.1. The normalized spacial score (nSPS) is 13.7. The van der Waals surface area contributed by atoms with Gasteiger partial charge in [0.25, 0.3) is 11.6 Å². The summed E-state index contributed by atoms with van der Waals surface area (Å²) in [6.07, 6.45) is 4.87. The molecule has 1 fully saturated rings. The van der Waals surface area contributed by atoms with Gasteiger partial charge in [-0.15, -0.1) is 0 Å². The van der Waals surface area contributed by atoms with Gasteiger partial charge >= 0.3 is 0 Å². The number of hydrazine groups is 1. The molecule has 0 spiro atoms. The molecule has 0 unspecified atom stereocenters. The fourth-order valence-electron chi connectivity index (χ4n) is 2.66. The highest BCUT2D eigenvalue weighted by Crippen LogP contribution is 2.27. The van der Waals surface area contributed by atoms with Crippen molar-refractivity contribution in [3.05, 3.63) is 34.4 Å². The van der Waals surface area contributed by atoms with Crippen molar-refractivity contribution in [2.45, 2.75) is 32.1 Å². The van der Waals surface area contributed by atoms with Crippen LogP contribution in [-0.4, -0.2) is 28.5 Å². The topological polar surface area (TPSA) is 123 Å². The molecule has 0 aliphatic heterocycles. The Balaban J connectivity index is 1.63. The van der Waals surface area contributed by atoms with Gasteiger partial charge in [0, 0.05) is 18.6 Å². The van der Waals surface area contributed by atoms with Crippen LogP contribution in [-0.2, 0) is 9.59 Å². The molecule has 0 radical (unpaired) electrons. The molecule has 10 heteroatoms. The van der Waals surface area contributed by atoms with Gasteiger partial charge in [0.15, 0.2) is 11.7 Å². The number of hydrogen-bond donors (Lipinski definition) is 3. The third-order valence-electron chi connectivity index (χ3n) is 3.93. The molecule has 1 aromatic rings. The fourth-order valence-corrected chi connectivity index (χ4v) is 2.83. The van der Waals surface area contributed by atoms with Crippen LogP contribution >= 0.6 is 12.2 Å². The third-order valence-corrected chi connectivity index (χ3v) is 4.14. The second-order valence-electron chi connectivity index (χ2n) is 5.94. The summed E-state index contributed by atoms with van der Waals surface area (Å²) in [6.45, 7) is -0.316. The molecular weight excluding hydrogens is 360 g/mol. The first kappa shape index (κ1) is 19.6. The second kappa shape index (κ2) is 9.66. The van der Waals surface area contributed by atoms with E-state index in [1.807, 2.05) is 0 Å². The Morgan fingerprint density at radius 3 is 2.42 bits per heavy atom. The standard InChI is InChI=1S/C16H20N4O5S/c21-14(9-11-3-1-2-4-11)17-16(26)19-18-15(22)10-25-13-7-5-12(6-8-13)20(23)24/h5-8,11H,1-4,9-10H2,(H,18,22)(H2,17,19,21,26). The fraction of sp³-hybridized carbons (Fsp3) is 0.438. The predicted molar refractivity (Wildman–Crippen MR) is 97.2 cm³/mol. The lowest BCUT2D eigenvalue weighted by Gasteiger charge is -2.13. The van der Waals surface area contributed by atoms with Gasteiger partial charge < -0.3 is 10.1 Å². The quantitative estimate of drug-likeness (QED) is 0.389. The average molecular weight is 380 g/mol. The maximum atomic E-state index is 11.8. The van der Waals surface area contributed by atoms with Crippen LogP contribution in [0, 0.1) is 16.0 Å². The number of carbonyl (C=O) groups excluding carboxylic acids is 2. The Bertz CT molecular complexity index is 674. The van der Waals surface area contributed by atoms with Gasteiger partial charge in [-0.05, 0) is 43.1 Å². The van der Waals surface area contributed by atoms with E-state index in [-0.39, 0.29) is 23.3 Å². The lowest BCUT2D eigenvalue weighted by molar-refractivity contribution is -0.384. The molecule has 0 aromatic heterocycles. The van der Waals surface area contributed by atoms with Gasteiger partial charge in [-0.1, -0.05) is 12.8 Å². The average Bonchev–Trinajstić information content (AvgIpc) is 3.11. The third kappa shape index (κ3) is 6.63. The van der Waals surface area contributed by atoms with E-state index in [0.717, 1.165) is 25.7 Å². The van der Waals surface area contributed by atoms with E-state index in [2.05, 4.69) is 16.2 Å². The smallest absolute Gasteiger partial charge is 0.276 e. The monoisotopic (exact) mass is 380 g/mol. The minimum Gasteiger partial charge on any atom is -0.484 e. The largest absolute Gasteiger partial charge is 0.484 e. The minimum absolute atomic E-state index is 0.0108. The number of nitrogens with one attached hydrogen (secondary N) is 3. The Morgan fingerprint density at radius 1 is 1.15 bits per heavy atom. The molecule has 0 heterocycles. The zero-order chi connectivity index (χ0) is 18.9. The number of non-ortho nitro benzene ring substituents is 1. The molecule has 26 heavy (non-hydrogen) atoms. The number of carbonyl (C=O) groups is 2. The van der Waals surface area contributed by atoms with Crippen LogP contribution in [0.15, 0.2) is 24.3 Å². The van der Waals surface area contributed by atoms with E-state index in [1.54, 1.807) is 0 Å². The van der Waals surface area contributed by atoms with Crippen molar-refractivity contribution in [1.29, 1.82) is 0 Å². The van der Waals surface area contributed by atoms with Gasteiger partial charge in [-0.2, -0.15) is 0 Å². The zero-order valence-corrected chi connectivity index (χ0v) is 14.8. The summed E-state index contributed by atoms with van der Waals surface area (Å²) in [5.74, 6) is 0.0298. The number of thiocarbonyl (C=S) groups is 1. The molecule has 0 bridgehead atoms. The molecule has 0 atom stereocenters. The lowest BCUT2D eigenvalue weighted by Crippen LogP contribution is -2.49. The van der Waals surface area contributed by atoms with Crippen molar-refractivity contribution >= 4 is 34.8 Å². The first-order valence-electron chi connectivity index (χ1n) is 8.20. The van der Waals surface area contributed by atoms with E-state index in [0.29, 0.717) is 18.1 Å². The minimum atomic E-state index is -0.525. The molecule has 9 nitrogen and oxygen atoms in total. The Morgan fingerprint density at radius 2 is 1.81 bits per heavy atom. The first-order chi connectivity index (χ1) is 12.4. The van der Waals surface area contributed by atoms with Crippen molar-refractivity contribution < 1.29 is 19.2 Å². The van der Waals surface area contributed by atoms with Crippen LogP contribution in [0.5, 0.6) is 5.75 Å². The van der Waals surface area contributed by atoms with Crippen molar-refractivity contribution in [2.24, 2.45) is 5.92 Å². The molecule has 0 saturated heterocycles. The Hall–Kier alpha value is -2.75. The van der Waals surface area contributed by atoms with Crippen molar-refractivity contribution in [3.63, 3.8) is 0 Å². The van der Waals surface area contributed by atoms with Crippen LogP contribution in [0.2, 0.25) is 0 Å². The molecule has 2 rings (SSSR count). The molecule has 1 aliphatic rings. The second-order valence-corrected chi connectivity index (χ2v) is 6.35. The highest BCUT2D eigenvalue weighted by molar-refractivity contribution is 7.80. The van der Waals surface area contributed by atoms with Gasteiger partial charge in [0.1, 0.15) is 5.75 Å². The summed E-state index contributed by atoms with van der Waals surface area (Å²) < 4.78 is 5.20. The van der Waals surface area contributed by atoms with E-state index in [4.69, 9.17) is 17.0 Å². The summed E-state index contributed by atoms with van der Waals surface area (Å²) in [5.41, 5.74) is 4.66. The predicted octanol–water partition coefficient (Wildman–Crippen LogP) is 1.58. The summed E-state index contributed by atoms with van der Waals surface area (Å²) in [4.78, 5) is 33.5. The molecule has 2 amide bonds. The van der Waals surface area contributed by atoms with E-state index in [1.165, 1.54) is 24.3 Å². The molecule has 1 saturated carbocycles. The number of benzene rings is 1. The number of rotatable bonds is 6. The van der Waals surface area contributed by atoms with Crippen LogP contribution < -0.4 is 20.9 Å². The summed E-state index contributed by atoms with van der Waals surface area (Å²) in [6, 6.07) is 5.35.